The number of esters is 1. The highest BCUT2D eigenvalue weighted by molar-refractivity contribution is 7.98. The Morgan fingerprint density at radius 3 is 2.42 bits per heavy atom. The summed E-state index contributed by atoms with van der Waals surface area (Å²) in [7, 11) is 1.49. The zero-order valence-corrected chi connectivity index (χ0v) is 16.2. The summed E-state index contributed by atoms with van der Waals surface area (Å²) in [4.78, 5) is 25.6. The average molecular weight is 373 g/mol. The van der Waals surface area contributed by atoms with E-state index in [1.54, 1.807) is 23.9 Å². The SMILES string of the molecule is CCc1ccc(NC(=O)[C@H](C)OC(=O)c2ccc(SC)cc2OC)cc1. The number of ether oxygens (including phenoxy) is 2. The summed E-state index contributed by atoms with van der Waals surface area (Å²) in [6, 6.07) is 12.8. The van der Waals surface area contributed by atoms with Crippen LogP contribution < -0.4 is 10.1 Å². The molecule has 6 heteroatoms. The number of rotatable bonds is 7. The third-order valence-corrected chi connectivity index (χ3v) is 4.64. The topological polar surface area (TPSA) is 64.6 Å². The van der Waals surface area contributed by atoms with Crippen molar-refractivity contribution in [3.05, 3.63) is 53.6 Å². The van der Waals surface area contributed by atoms with Crippen LogP contribution in [-0.2, 0) is 16.0 Å². The monoisotopic (exact) mass is 373 g/mol. The van der Waals surface area contributed by atoms with E-state index in [1.165, 1.54) is 19.6 Å². The smallest absolute Gasteiger partial charge is 0.342 e. The van der Waals surface area contributed by atoms with Crippen LogP contribution in [-0.4, -0.2) is 31.3 Å². The number of carbonyl (C=O) groups excluding carboxylic acids is 2. The van der Waals surface area contributed by atoms with Crippen LogP contribution in [0.2, 0.25) is 0 Å². The lowest BCUT2D eigenvalue weighted by molar-refractivity contribution is -0.123. The number of nitrogens with one attached hydrogen (secondary N) is 1. The molecule has 2 aromatic rings. The molecule has 1 N–H and O–H groups in total. The third kappa shape index (κ3) is 5.02. The first kappa shape index (κ1) is 19.8. The maximum atomic E-state index is 12.4. The Morgan fingerprint density at radius 2 is 1.85 bits per heavy atom. The standard InChI is InChI=1S/C20H23NO4S/c1-5-14-6-8-15(9-7-14)21-19(22)13(2)25-20(23)17-11-10-16(26-4)12-18(17)24-3/h6-13H,5H2,1-4H3,(H,21,22)/t13-/m0/s1. The van der Waals surface area contributed by atoms with E-state index >= 15 is 0 Å². The lowest BCUT2D eigenvalue weighted by Gasteiger charge is -2.15. The molecule has 0 spiro atoms. The second kappa shape index (κ2) is 9.29. The Balaban J connectivity index is 2.02. The van der Waals surface area contributed by atoms with Crippen LogP contribution >= 0.6 is 11.8 Å². The number of carbonyl (C=O) groups is 2. The van der Waals surface area contributed by atoms with E-state index in [0.717, 1.165) is 11.3 Å². The summed E-state index contributed by atoms with van der Waals surface area (Å²) < 4.78 is 10.5. The van der Waals surface area contributed by atoms with Crippen molar-refractivity contribution in [1.82, 2.24) is 0 Å². The summed E-state index contributed by atoms with van der Waals surface area (Å²) in [6.45, 7) is 3.60. The van der Waals surface area contributed by atoms with Crippen molar-refractivity contribution < 1.29 is 19.1 Å². The van der Waals surface area contributed by atoms with Gasteiger partial charge < -0.3 is 14.8 Å². The van der Waals surface area contributed by atoms with Crippen LogP contribution in [0.25, 0.3) is 0 Å². The minimum Gasteiger partial charge on any atom is -0.496 e. The Morgan fingerprint density at radius 1 is 1.15 bits per heavy atom. The Bertz CT molecular complexity index is 774. The van der Waals surface area contributed by atoms with Crippen LogP contribution in [0.3, 0.4) is 0 Å². The fraction of sp³-hybridized carbons (Fsp3) is 0.300. The summed E-state index contributed by atoms with van der Waals surface area (Å²) in [5.74, 6) is -0.564. The van der Waals surface area contributed by atoms with Crippen molar-refractivity contribution in [2.75, 3.05) is 18.7 Å². The largest absolute Gasteiger partial charge is 0.496 e. The first-order valence-corrected chi connectivity index (χ1v) is 9.53. The van der Waals surface area contributed by atoms with Gasteiger partial charge in [-0.2, -0.15) is 0 Å². The van der Waals surface area contributed by atoms with Gasteiger partial charge in [0.1, 0.15) is 11.3 Å². The highest BCUT2D eigenvalue weighted by atomic mass is 32.2. The predicted molar refractivity (Wildman–Crippen MR) is 104 cm³/mol. The van der Waals surface area contributed by atoms with E-state index in [1.807, 2.05) is 36.6 Å². The van der Waals surface area contributed by atoms with Crippen molar-refractivity contribution >= 4 is 29.3 Å². The van der Waals surface area contributed by atoms with Crippen molar-refractivity contribution in [3.63, 3.8) is 0 Å². The molecule has 5 nitrogen and oxygen atoms in total. The predicted octanol–water partition coefficient (Wildman–Crippen LogP) is 4.16. The second-order valence-electron chi connectivity index (χ2n) is 5.65. The van der Waals surface area contributed by atoms with E-state index in [2.05, 4.69) is 12.2 Å². The fourth-order valence-corrected chi connectivity index (χ4v) is 2.74. The maximum absolute atomic E-state index is 12.4. The molecule has 0 heterocycles. The molecule has 1 amide bonds. The highest BCUT2D eigenvalue weighted by Gasteiger charge is 2.21. The van der Waals surface area contributed by atoms with Crippen molar-refractivity contribution in [1.29, 1.82) is 0 Å². The molecule has 0 saturated heterocycles. The van der Waals surface area contributed by atoms with Crippen LogP contribution in [0, 0.1) is 0 Å². The molecule has 0 saturated carbocycles. The van der Waals surface area contributed by atoms with E-state index in [-0.39, 0.29) is 11.5 Å². The Labute approximate surface area is 158 Å². The van der Waals surface area contributed by atoms with Crippen LogP contribution in [0.15, 0.2) is 47.4 Å². The van der Waals surface area contributed by atoms with Crippen LogP contribution in [0.1, 0.15) is 29.8 Å². The van der Waals surface area contributed by atoms with Gasteiger partial charge in [0.2, 0.25) is 0 Å². The average Bonchev–Trinajstić information content (AvgIpc) is 2.67. The fourth-order valence-electron chi connectivity index (χ4n) is 2.31. The van der Waals surface area contributed by atoms with E-state index in [9.17, 15) is 9.59 Å². The molecule has 2 aromatic carbocycles. The van der Waals surface area contributed by atoms with E-state index in [0.29, 0.717) is 11.4 Å². The molecule has 2 rings (SSSR count). The minimum absolute atomic E-state index is 0.289. The third-order valence-electron chi connectivity index (χ3n) is 3.91. The highest BCUT2D eigenvalue weighted by Crippen LogP contribution is 2.26. The van der Waals surface area contributed by atoms with Crippen LogP contribution in [0.5, 0.6) is 5.75 Å². The molecular formula is C20H23NO4S. The number of methoxy groups -OCH3 is 1. The van der Waals surface area contributed by atoms with Gasteiger partial charge in [-0.05, 0) is 55.5 Å². The molecule has 138 valence electrons. The number of aryl methyl sites for hydroxylation is 1. The van der Waals surface area contributed by atoms with Gasteiger partial charge in [-0.1, -0.05) is 19.1 Å². The zero-order valence-electron chi connectivity index (χ0n) is 15.4. The summed E-state index contributed by atoms with van der Waals surface area (Å²) >= 11 is 1.55. The van der Waals surface area contributed by atoms with Crippen LogP contribution in [0.4, 0.5) is 5.69 Å². The number of hydrogen-bond donors (Lipinski definition) is 1. The van der Waals surface area contributed by atoms with Gasteiger partial charge in [0.05, 0.1) is 7.11 Å². The molecule has 0 aliphatic rings. The van der Waals surface area contributed by atoms with Gasteiger partial charge in [-0.3, -0.25) is 4.79 Å². The molecule has 0 aromatic heterocycles. The number of anilines is 1. The van der Waals surface area contributed by atoms with Gasteiger partial charge in [-0.25, -0.2) is 4.79 Å². The maximum Gasteiger partial charge on any atom is 0.342 e. The number of thioether (sulfide) groups is 1. The lowest BCUT2D eigenvalue weighted by Crippen LogP contribution is -2.30. The first-order chi connectivity index (χ1) is 12.5. The number of benzene rings is 2. The molecule has 0 bridgehead atoms. The molecule has 0 aliphatic carbocycles. The van der Waals surface area contributed by atoms with Gasteiger partial charge in [-0.15, -0.1) is 11.8 Å². The van der Waals surface area contributed by atoms with E-state index < -0.39 is 12.1 Å². The number of amides is 1. The van der Waals surface area contributed by atoms with Gasteiger partial charge >= 0.3 is 5.97 Å². The Kier molecular flexibility index (Phi) is 7.09. The van der Waals surface area contributed by atoms with Crippen molar-refractivity contribution in [2.45, 2.75) is 31.3 Å². The van der Waals surface area contributed by atoms with Gasteiger partial charge in [0.25, 0.3) is 5.91 Å². The first-order valence-electron chi connectivity index (χ1n) is 8.31. The molecule has 0 radical (unpaired) electrons. The normalized spacial score (nSPS) is 11.5. The van der Waals surface area contributed by atoms with Gasteiger partial charge in [0.15, 0.2) is 6.10 Å². The Hall–Kier alpha value is -2.47. The summed E-state index contributed by atoms with van der Waals surface area (Å²) in [6.07, 6.45) is 1.93. The van der Waals surface area contributed by atoms with Gasteiger partial charge in [0, 0.05) is 10.6 Å². The molecule has 0 aliphatic heterocycles. The minimum atomic E-state index is -0.932. The number of hydrogen-bond acceptors (Lipinski definition) is 5. The van der Waals surface area contributed by atoms with Crippen molar-refractivity contribution in [2.24, 2.45) is 0 Å². The summed E-state index contributed by atoms with van der Waals surface area (Å²) in [5, 5.41) is 2.75. The molecule has 1 atom stereocenters. The van der Waals surface area contributed by atoms with Crippen molar-refractivity contribution in [3.8, 4) is 5.75 Å². The molecule has 0 fully saturated rings. The zero-order chi connectivity index (χ0) is 19.1. The lowest BCUT2D eigenvalue weighted by atomic mass is 10.1. The molecular weight excluding hydrogens is 350 g/mol. The summed E-state index contributed by atoms with van der Waals surface area (Å²) in [5.41, 5.74) is 2.14. The quantitative estimate of drug-likeness (QED) is 0.583. The second-order valence-corrected chi connectivity index (χ2v) is 6.53. The van der Waals surface area contributed by atoms with E-state index in [4.69, 9.17) is 9.47 Å². The molecule has 0 unspecified atom stereocenters. The molecule has 26 heavy (non-hydrogen) atoms.